The quantitative estimate of drug-likeness (QED) is 0.858. The lowest BCUT2D eigenvalue weighted by Gasteiger charge is -2.11. The van der Waals surface area contributed by atoms with Crippen molar-refractivity contribution in [2.75, 3.05) is 25.6 Å². The zero-order valence-corrected chi connectivity index (χ0v) is 12.3. The van der Waals surface area contributed by atoms with Crippen LogP contribution in [0.5, 0.6) is 0 Å². The van der Waals surface area contributed by atoms with Gasteiger partial charge < -0.3 is 10.1 Å². The summed E-state index contributed by atoms with van der Waals surface area (Å²) >= 11 is 12.2. The highest BCUT2D eigenvalue weighted by Gasteiger charge is 2.10. The van der Waals surface area contributed by atoms with Gasteiger partial charge in [0.25, 0.3) is 0 Å². The number of nitrogens with one attached hydrogen (secondary N) is 1. The fourth-order valence-electron chi connectivity index (χ4n) is 1.77. The summed E-state index contributed by atoms with van der Waals surface area (Å²) in [5.74, 6) is 1.49. The molecule has 1 aromatic carbocycles. The lowest BCUT2D eigenvalue weighted by Crippen LogP contribution is -2.10. The van der Waals surface area contributed by atoms with Crippen molar-refractivity contribution < 1.29 is 4.74 Å². The highest BCUT2D eigenvalue weighted by molar-refractivity contribution is 6.38. The van der Waals surface area contributed by atoms with Crippen LogP contribution in [0.15, 0.2) is 12.1 Å². The molecule has 0 saturated heterocycles. The van der Waals surface area contributed by atoms with E-state index in [1.54, 1.807) is 13.2 Å². The van der Waals surface area contributed by atoms with Gasteiger partial charge >= 0.3 is 0 Å². The molecule has 1 heterocycles. The first-order valence-corrected chi connectivity index (χ1v) is 6.79. The van der Waals surface area contributed by atoms with Crippen LogP contribution in [0, 0.1) is 0 Å². The molecule has 0 aliphatic rings. The Morgan fingerprint density at radius 1 is 1.26 bits per heavy atom. The first-order valence-electron chi connectivity index (χ1n) is 6.04. The number of rotatable bonds is 5. The van der Waals surface area contributed by atoms with Crippen molar-refractivity contribution in [1.29, 1.82) is 0 Å². The van der Waals surface area contributed by atoms with Crippen molar-refractivity contribution in [3.63, 3.8) is 0 Å². The van der Waals surface area contributed by atoms with E-state index < -0.39 is 0 Å². The molecule has 0 aliphatic heterocycles. The predicted molar refractivity (Wildman–Crippen MR) is 79.3 cm³/mol. The van der Waals surface area contributed by atoms with Crippen LogP contribution in [0.2, 0.25) is 10.0 Å². The van der Waals surface area contributed by atoms with Crippen LogP contribution in [-0.4, -0.2) is 30.2 Å². The molecule has 1 N–H and O–H groups in total. The van der Waals surface area contributed by atoms with E-state index in [9.17, 15) is 0 Å². The number of nitrogens with zero attached hydrogens (tertiary/aromatic N) is 2. The maximum Gasteiger partial charge on any atom is 0.137 e. The third-order valence-corrected chi connectivity index (χ3v) is 3.19. The van der Waals surface area contributed by atoms with E-state index in [4.69, 9.17) is 27.9 Å². The van der Waals surface area contributed by atoms with Gasteiger partial charge in [0.05, 0.1) is 17.1 Å². The summed E-state index contributed by atoms with van der Waals surface area (Å²) in [5, 5.41) is 5.16. The van der Waals surface area contributed by atoms with Crippen LogP contribution < -0.4 is 5.32 Å². The minimum atomic E-state index is 0.536. The second-order valence-corrected chi connectivity index (χ2v) is 4.89. The summed E-state index contributed by atoms with van der Waals surface area (Å²) in [6, 6.07) is 3.51. The van der Waals surface area contributed by atoms with Gasteiger partial charge in [-0.25, -0.2) is 9.97 Å². The molecule has 0 bridgehead atoms. The molecule has 2 aromatic rings. The zero-order valence-electron chi connectivity index (χ0n) is 10.8. The van der Waals surface area contributed by atoms with Gasteiger partial charge in [0.1, 0.15) is 11.6 Å². The lowest BCUT2D eigenvalue weighted by molar-refractivity contribution is 0.210. The topological polar surface area (TPSA) is 47.0 Å². The van der Waals surface area contributed by atoms with Gasteiger partial charge in [-0.15, -0.1) is 0 Å². The smallest absolute Gasteiger partial charge is 0.137 e. The molecule has 2 rings (SSSR count). The Labute approximate surface area is 122 Å². The Morgan fingerprint density at radius 2 is 2.05 bits per heavy atom. The van der Waals surface area contributed by atoms with Gasteiger partial charge in [-0.2, -0.15) is 0 Å². The van der Waals surface area contributed by atoms with Crippen LogP contribution in [0.3, 0.4) is 0 Å². The van der Waals surface area contributed by atoms with Crippen LogP contribution in [-0.2, 0) is 11.2 Å². The molecular formula is C13H15Cl2N3O. The van der Waals surface area contributed by atoms with Crippen LogP contribution >= 0.6 is 23.2 Å². The SMILES string of the molecule is CCc1nc(NCCOC)c2cc(Cl)cc(Cl)c2n1. The van der Waals surface area contributed by atoms with Crippen molar-refractivity contribution >= 4 is 39.9 Å². The standard InChI is InChI=1S/C13H15Cl2N3O/c1-3-11-17-12-9(6-8(14)7-10(12)15)13(18-11)16-4-5-19-2/h6-7H,3-5H2,1-2H3,(H,16,17,18). The minimum Gasteiger partial charge on any atom is -0.383 e. The molecule has 0 spiro atoms. The molecular weight excluding hydrogens is 285 g/mol. The van der Waals surface area contributed by atoms with Gasteiger partial charge in [-0.05, 0) is 12.1 Å². The summed E-state index contributed by atoms with van der Waals surface area (Å²) in [7, 11) is 1.66. The first-order chi connectivity index (χ1) is 9.15. The van der Waals surface area contributed by atoms with Gasteiger partial charge in [0.15, 0.2) is 0 Å². The number of hydrogen-bond acceptors (Lipinski definition) is 4. The Balaban J connectivity index is 2.52. The number of anilines is 1. The molecule has 0 fully saturated rings. The maximum absolute atomic E-state index is 6.20. The van der Waals surface area contributed by atoms with Gasteiger partial charge in [-0.1, -0.05) is 30.1 Å². The van der Waals surface area contributed by atoms with E-state index in [-0.39, 0.29) is 0 Å². The molecule has 0 unspecified atom stereocenters. The van der Waals surface area contributed by atoms with E-state index in [2.05, 4.69) is 15.3 Å². The number of hydrogen-bond donors (Lipinski definition) is 1. The average molecular weight is 300 g/mol. The summed E-state index contributed by atoms with van der Waals surface area (Å²) < 4.78 is 5.02. The number of benzene rings is 1. The van der Waals surface area contributed by atoms with Crippen molar-refractivity contribution in [1.82, 2.24) is 9.97 Å². The number of aryl methyl sites for hydroxylation is 1. The molecule has 0 radical (unpaired) electrons. The monoisotopic (exact) mass is 299 g/mol. The molecule has 0 atom stereocenters. The van der Waals surface area contributed by atoms with Crippen LogP contribution in [0.1, 0.15) is 12.7 Å². The molecule has 102 valence electrons. The predicted octanol–water partition coefficient (Wildman–Crippen LogP) is 3.56. The normalized spacial score (nSPS) is 10.9. The lowest BCUT2D eigenvalue weighted by atomic mass is 10.2. The van der Waals surface area contributed by atoms with E-state index in [0.717, 1.165) is 29.0 Å². The van der Waals surface area contributed by atoms with E-state index in [1.165, 1.54) is 0 Å². The third kappa shape index (κ3) is 3.26. The van der Waals surface area contributed by atoms with E-state index >= 15 is 0 Å². The van der Waals surface area contributed by atoms with Gasteiger partial charge in [0.2, 0.25) is 0 Å². The van der Waals surface area contributed by atoms with E-state index in [0.29, 0.717) is 23.2 Å². The van der Waals surface area contributed by atoms with E-state index in [1.807, 2.05) is 13.0 Å². The number of methoxy groups -OCH3 is 1. The summed E-state index contributed by atoms with van der Waals surface area (Å²) in [6.07, 6.45) is 0.744. The molecule has 4 nitrogen and oxygen atoms in total. The van der Waals surface area contributed by atoms with Gasteiger partial charge in [0, 0.05) is 30.5 Å². The minimum absolute atomic E-state index is 0.536. The highest BCUT2D eigenvalue weighted by Crippen LogP contribution is 2.30. The molecule has 0 saturated carbocycles. The Hall–Kier alpha value is -1.10. The average Bonchev–Trinajstić information content (AvgIpc) is 2.39. The van der Waals surface area contributed by atoms with Crippen molar-refractivity contribution in [3.8, 4) is 0 Å². The second kappa shape index (κ2) is 6.37. The van der Waals surface area contributed by atoms with Crippen molar-refractivity contribution in [2.24, 2.45) is 0 Å². The molecule has 19 heavy (non-hydrogen) atoms. The van der Waals surface area contributed by atoms with Crippen LogP contribution in [0.25, 0.3) is 10.9 Å². The summed E-state index contributed by atoms with van der Waals surface area (Å²) in [5.41, 5.74) is 0.720. The highest BCUT2D eigenvalue weighted by atomic mass is 35.5. The largest absolute Gasteiger partial charge is 0.383 e. The number of fused-ring (bicyclic) bond motifs is 1. The Kier molecular flexibility index (Phi) is 4.80. The Bertz CT molecular complexity index is 590. The van der Waals surface area contributed by atoms with Crippen molar-refractivity contribution in [2.45, 2.75) is 13.3 Å². The second-order valence-electron chi connectivity index (χ2n) is 4.05. The number of halogens is 2. The molecule has 1 aromatic heterocycles. The third-order valence-electron chi connectivity index (χ3n) is 2.68. The van der Waals surface area contributed by atoms with Crippen molar-refractivity contribution in [3.05, 3.63) is 28.0 Å². The summed E-state index contributed by atoms with van der Waals surface area (Å²) in [4.78, 5) is 8.93. The number of aromatic nitrogens is 2. The first kappa shape index (κ1) is 14.3. The number of ether oxygens (including phenoxy) is 1. The van der Waals surface area contributed by atoms with Crippen LogP contribution in [0.4, 0.5) is 5.82 Å². The molecule has 0 aliphatic carbocycles. The molecule has 6 heteroatoms. The van der Waals surface area contributed by atoms with Gasteiger partial charge in [-0.3, -0.25) is 0 Å². The summed E-state index contributed by atoms with van der Waals surface area (Å²) in [6.45, 7) is 3.26. The Morgan fingerprint density at radius 3 is 2.74 bits per heavy atom. The zero-order chi connectivity index (χ0) is 13.8. The molecule has 0 amide bonds. The fourth-order valence-corrected chi connectivity index (χ4v) is 2.30. The fraction of sp³-hybridized carbons (Fsp3) is 0.385. The maximum atomic E-state index is 6.20.